The summed E-state index contributed by atoms with van der Waals surface area (Å²) in [7, 11) is 1.61. The van der Waals surface area contributed by atoms with E-state index in [1.165, 1.54) is 4.68 Å². The molecule has 0 unspecified atom stereocenters. The summed E-state index contributed by atoms with van der Waals surface area (Å²) in [5.74, 6) is -0.0892. The second-order valence-corrected chi connectivity index (χ2v) is 6.34. The maximum Gasteiger partial charge on any atom is 0.274 e. The Morgan fingerprint density at radius 1 is 1.30 bits per heavy atom. The van der Waals surface area contributed by atoms with Crippen LogP contribution in [0.25, 0.3) is 10.8 Å². The largest absolute Gasteiger partial charge is 0.349 e. The number of rotatable bonds is 4. The molecule has 1 aliphatic rings. The number of nitrogens with zero attached hydrogens (tertiary/aromatic N) is 2. The highest BCUT2D eigenvalue weighted by atomic mass is 16.2. The van der Waals surface area contributed by atoms with Gasteiger partial charge < -0.3 is 11.1 Å². The lowest BCUT2D eigenvalue weighted by molar-refractivity contribution is -0.122. The molecule has 3 N–H and O–H groups in total. The van der Waals surface area contributed by atoms with E-state index in [0.29, 0.717) is 17.6 Å². The average Bonchev–Trinajstić information content (AvgIpc) is 3.01. The van der Waals surface area contributed by atoms with E-state index >= 15 is 0 Å². The molecule has 1 heterocycles. The average molecular weight is 314 g/mol. The van der Waals surface area contributed by atoms with Crippen LogP contribution in [0.3, 0.4) is 0 Å². The summed E-state index contributed by atoms with van der Waals surface area (Å²) in [5.41, 5.74) is 6.06. The van der Waals surface area contributed by atoms with Gasteiger partial charge in [-0.15, -0.1) is 0 Å². The number of hydrogen-bond donors (Lipinski definition) is 2. The number of hydrogen-bond acceptors (Lipinski definition) is 4. The minimum absolute atomic E-state index is 0.0892. The Balaban J connectivity index is 1.88. The van der Waals surface area contributed by atoms with E-state index in [2.05, 4.69) is 10.4 Å². The van der Waals surface area contributed by atoms with Gasteiger partial charge in [-0.25, -0.2) is 4.68 Å². The zero-order chi connectivity index (χ0) is 16.4. The van der Waals surface area contributed by atoms with E-state index in [4.69, 9.17) is 5.73 Å². The van der Waals surface area contributed by atoms with E-state index in [9.17, 15) is 9.59 Å². The van der Waals surface area contributed by atoms with Crippen molar-refractivity contribution in [3.63, 3.8) is 0 Å². The number of fused-ring (bicyclic) bond motifs is 1. The highest BCUT2D eigenvalue weighted by Crippen LogP contribution is 2.28. The van der Waals surface area contributed by atoms with Crippen LogP contribution in [-0.4, -0.2) is 27.8 Å². The van der Waals surface area contributed by atoms with Crippen molar-refractivity contribution in [2.75, 3.05) is 6.54 Å². The van der Waals surface area contributed by atoms with Crippen molar-refractivity contribution in [1.29, 1.82) is 0 Å². The fourth-order valence-corrected chi connectivity index (χ4v) is 3.43. The van der Waals surface area contributed by atoms with Crippen molar-refractivity contribution in [2.45, 2.75) is 37.6 Å². The van der Waals surface area contributed by atoms with Gasteiger partial charge in [-0.3, -0.25) is 9.59 Å². The predicted octanol–water partition coefficient (Wildman–Crippen LogP) is 0.864. The third-order valence-corrected chi connectivity index (χ3v) is 4.72. The zero-order valence-corrected chi connectivity index (χ0v) is 13.3. The summed E-state index contributed by atoms with van der Waals surface area (Å²) >= 11 is 0. The van der Waals surface area contributed by atoms with Crippen molar-refractivity contribution < 1.29 is 4.79 Å². The van der Waals surface area contributed by atoms with Crippen molar-refractivity contribution in [1.82, 2.24) is 15.1 Å². The molecule has 1 aromatic carbocycles. The smallest absolute Gasteiger partial charge is 0.274 e. The summed E-state index contributed by atoms with van der Waals surface area (Å²) in [6, 6.07) is 7.26. The molecule has 1 amide bonds. The number of carbonyl (C=O) groups excluding carboxylic acids is 1. The van der Waals surface area contributed by atoms with Crippen molar-refractivity contribution in [2.24, 2.45) is 12.8 Å². The molecule has 1 aliphatic carbocycles. The Morgan fingerprint density at radius 3 is 2.61 bits per heavy atom. The molecular weight excluding hydrogens is 292 g/mol. The lowest BCUT2D eigenvalue weighted by Gasteiger charge is -2.28. The molecule has 3 rings (SSSR count). The molecule has 6 nitrogen and oxygen atoms in total. The van der Waals surface area contributed by atoms with Gasteiger partial charge in [0.1, 0.15) is 0 Å². The Morgan fingerprint density at radius 2 is 1.96 bits per heavy atom. The first kappa shape index (κ1) is 15.7. The van der Waals surface area contributed by atoms with E-state index in [1.807, 2.05) is 18.2 Å². The standard InChI is InChI=1S/C17H22N4O2/c1-21-16(23)13-7-3-2-6-12(13)14(20-21)10-15(22)19-17(11-18)8-4-5-9-17/h2-3,6-7H,4-5,8-11,18H2,1H3,(H,19,22). The summed E-state index contributed by atoms with van der Waals surface area (Å²) in [5, 5.41) is 8.69. The summed E-state index contributed by atoms with van der Waals surface area (Å²) in [4.78, 5) is 24.6. The molecule has 2 aromatic rings. The maximum absolute atomic E-state index is 12.5. The van der Waals surface area contributed by atoms with Gasteiger partial charge in [0.25, 0.3) is 5.56 Å². The number of amides is 1. The van der Waals surface area contributed by atoms with Gasteiger partial charge in [0, 0.05) is 19.0 Å². The molecule has 0 aliphatic heterocycles. The number of nitrogens with two attached hydrogens (primary N) is 1. The Bertz CT molecular complexity index is 791. The molecule has 1 fully saturated rings. The van der Waals surface area contributed by atoms with Gasteiger partial charge in [0.15, 0.2) is 0 Å². The minimum atomic E-state index is -0.270. The molecule has 122 valence electrons. The molecule has 6 heteroatoms. The van der Waals surface area contributed by atoms with Crippen molar-refractivity contribution >= 4 is 16.7 Å². The van der Waals surface area contributed by atoms with Crippen LogP contribution in [0.2, 0.25) is 0 Å². The fourth-order valence-electron chi connectivity index (χ4n) is 3.43. The van der Waals surface area contributed by atoms with Crippen LogP contribution in [0.4, 0.5) is 0 Å². The normalized spacial score (nSPS) is 16.6. The molecule has 1 aromatic heterocycles. The number of benzene rings is 1. The third kappa shape index (κ3) is 2.99. The molecule has 0 spiro atoms. The molecule has 0 bridgehead atoms. The van der Waals surface area contributed by atoms with E-state index in [1.54, 1.807) is 13.1 Å². The van der Waals surface area contributed by atoms with E-state index in [0.717, 1.165) is 31.1 Å². The van der Waals surface area contributed by atoms with Gasteiger partial charge in [-0.1, -0.05) is 31.0 Å². The SMILES string of the molecule is Cn1nc(CC(=O)NC2(CN)CCCC2)c2ccccc2c1=O. The first-order valence-corrected chi connectivity index (χ1v) is 8.01. The first-order valence-electron chi connectivity index (χ1n) is 8.01. The highest BCUT2D eigenvalue weighted by Gasteiger charge is 2.33. The number of aryl methyl sites for hydroxylation is 1. The molecule has 0 saturated heterocycles. The van der Waals surface area contributed by atoms with Crippen LogP contribution in [0.1, 0.15) is 31.4 Å². The summed E-state index contributed by atoms with van der Waals surface area (Å²) < 4.78 is 1.29. The van der Waals surface area contributed by atoms with Crippen LogP contribution in [0, 0.1) is 0 Å². The number of nitrogens with one attached hydrogen (secondary N) is 1. The second-order valence-electron chi connectivity index (χ2n) is 6.34. The van der Waals surface area contributed by atoms with Crippen LogP contribution >= 0.6 is 0 Å². The Labute approximate surface area is 134 Å². The van der Waals surface area contributed by atoms with Crippen LogP contribution in [-0.2, 0) is 18.3 Å². The first-order chi connectivity index (χ1) is 11.0. The topological polar surface area (TPSA) is 90.0 Å². The summed E-state index contributed by atoms with van der Waals surface area (Å²) in [6.45, 7) is 0.459. The van der Waals surface area contributed by atoms with Gasteiger partial charge in [0.05, 0.1) is 23.0 Å². The van der Waals surface area contributed by atoms with Gasteiger partial charge in [-0.2, -0.15) is 5.10 Å². The van der Waals surface area contributed by atoms with E-state index in [-0.39, 0.29) is 23.4 Å². The van der Waals surface area contributed by atoms with Gasteiger partial charge in [0.2, 0.25) is 5.91 Å². The van der Waals surface area contributed by atoms with Crippen LogP contribution in [0.15, 0.2) is 29.1 Å². The highest BCUT2D eigenvalue weighted by molar-refractivity contribution is 5.88. The van der Waals surface area contributed by atoms with Crippen molar-refractivity contribution in [3.8, 4) is 0 Å². The second kappa shape index (κ2) is 6.12. The van der Waals surface area contributed by atoms with Crippen molar-refractivity contribution in [3.05, 3.63) is 40.3 Å². The molecule has 0 atom stereocenters. The zero-order valence-electron chi connectivity index (χ0n) is 13.3. The number of carbonyl (C=O) groups is 1. The number of aromatic nitrogens is 2. The Kier molecular flexibility index (Phi) is 4.17. The van der Waals surface area contributed by atoms with Gasteiger partial charge in [-0.05, 0) is 18.9 Å². The van der Waals surface area contributed by atoms with Crippen LogP contribution < -0.4 is 16.6 Å². The summed E-state index contributed by atoms with van der Waals surface area (Å²) in [6.07, 6.45) is 4.20. The fraction of sp³-hybridized carbons (Fsp3) is 0.471. The third-order valence-electron chi connectivity index (χ3n) is 4.72. The lowest BCUT2D eigenvalue weighted by Crippen LogP contribution is -2.52. The maximum atomic E-state index is 12.5. The molecule has 1 saturated carbocycles. The monoisotopic (exact) mass is 314 g/mol. The quantitative estimate of drug-likeness (QED) is 0.876. The lowest BCUT2D eigenvalue weighted by atomic mass is 9.97. The van der Waals surface area contributed by atoms with Gasteiger partial charge >= 0.3 is 0 Å². The Hall–Kier alpha value is -2.21. The molecule has 23 heavy (non-hydrogen) atoms. The minimum Gasteiger partial charge on any atom is -0.349 e. The molecular formula is C17H22N4O2. The van der Waals surface area contributed by atoms with Crippen LogP contribution in [0.5, 0.6) is 0 Å². The predicted molar refractivity (Wildman–Crippen MR) is 89.1 cm³/mol. The molecule has 0 radical (unpaired) electrons. The van der Waals surface area contributed by atoms with E-state index < -0.39 is 0 Å².